The molecule has 0 rings (SSSR count). The molecule has 10 heteroatoms. The van der Waals surface area contributed by atoms with E-state index in [9.17, 15) is 9.59 Å². The maximum absolute atomic E-state index is 9.66. The molecule has 0 aliphatic rings. The van der Waals surface area contributed by atoms with Gasteiger partial charge in [0.2, 0.25) is 0 Å². The van der Waals surface area contributed by atoms with Gasteiger partial charge >= 0.3 is 47.8 Å². The summed E-state index contributed by atoms with van der Waals surface area (Å²) in [5.41, 5.74) is 8.87. The summed E-state index contributed by atoms with van der Waals surface area (Å²) in [6.45, 7) is 0. The molecular formula is C3H7N4NaO5. The third-order valence-electron chi connectivity index (χ3n) is 0.247. The predicted octanol–water partition coefficient (Wildman–Crippen LogP) is -3.07. The van der Waals surface area contributed by atoms with Crippen molar-refractivity contribution in [1.29, 1.82) is 0 Å². The minimum atomic E-state index is -1.83. The Bertz CT molecular complexity index is 201. The van der Waals surface area contributed by atoms with Crippen LogP contribution in [0.1, 0.15) is 1.43 Å². The molecule has 0 bridgehead atoms. The number of amides is 4. The van der Waals surface area contributed by atoms with E-state index in [2.05, 4.69) is 21.7 Å². The molecule has 0 fully saturated rings. The first-order chi connectivity index (χ1) is 5.36. The Morgan fingerprint density at radius 1 is 1.00 bits per heavy atom. The van der Waals surface area contributed by atoms with Gasteiger partial charge in [-0.2, -0.15) is 0 Å². The second-order valence-electron chi connectivity index (χ2n) is 1.16. The van der Waals surface area contributed by atoms with Crippen molar-refractivity contribution in [3.05, 3.63) is 0 Å². The van der Waals surface area contributed by atoms with Gasteiger partial charge in [0.05, 0.1) is 0 Å². The number of carbonyl (C=O) groups excluding carboxylic acids is 2. The molecule has 0 saturated heterocycles. The number of azo groups is 1. The van der Waals surface area contributed by atoms with E-state index in [1.54, 1.807) is 0 Å². The van der Waals surface area contributed by atoms with Crippen molar-refractivity contribution in [3.8, 4) is 0 Å². The number of urea groups is 2. The SMILES string of the molecule is NC(=O)N=NC(N)=O.O=C(O)O.[H-].[Na+]. The fraction of sp³-hybridized carbons (Fsp3) is 0. The fourth-order valence-corrected chi connectivity index (χ4v) is 0.0986. The van der Waals surface area contributed by atoms with Crippen LogP contribution in [0.15, 0.2) is 10.2 Å². The summed E-state index contributed by atoms with van der Waals surface area (Å²) < 4.78 is 0. The predicted molar refractivity (Wildman–Crippen MR) is 35.8 cm³/mol. The van der Waals surface area contributed by atoms with Gasteiger partial charge in [-0.15, -0.1) is 0 Å². The van der Waals surface area contributed by atoms with Gasteiger partial charge in [-0.05, 0) is 0 Å². The Morgan fingerprint density at radius 2 is 1.15 bits per heavy atom. The first-order valence-corrected chi connectivity index (χ1v) is 2.28. The number of rotatable bonds is 0. The first-order valence-electron chi connectivity index (χ1n) is 2.28. The van der Waals surface area contributed by atoms with Crippen LogP contribution in [0, 0.1) is 0 Å². The fourth-order valence-electron chi connectivity index (χ4n) is 0.0986. The summed E-state index contributed by atoms with van der Waals surface area (Å²) in [4.78, 5) is 27.9. The molecule has 0 heterocycles. The molecule has 0 atom stereocenters. The van der Waals surface area contributed by atoms with Crippen molar-refractivity contribution in [1.82, 2.24) is 0 Å². The second-order valence-corrected chi connectivity index (χ2v) is 1.16. The van der Waals surface area contributed by atoms with Crippen molar-refractivity contribution in [2.75, 3.05) is 0 Å². The largest absolute Gasteiger partial charge is 1.00 e. The molecule has 0 saturated carbocycles. The monoisotopic (exact) mass is 202 g/mol. The van der Waals surface area contributed by atoms with E-state index in [1.807, 2.05) is 0 Å². The Hall–Kier alpha value is -1.19. The Labute approximate surface area is 95.6 Å². The van der Waals surface area contributed by atoms with Crippen molar-refractivity contribution in [2.24, 2.45) is 21.7 Å². The smallest absolute Gasteiger partial charge is 1.00 e. The molecule has 0 aliphatic carbocycles. The molecule has 6 N–H and O–H groups in total. The van der Waals surface area contributed by atoms with E-state index in [1.165, 1.54) is 0 Å². The summed E-state index contributed by atoms with van der Waals surface area (Å²) in [7, 11) is 0. The molecule has 0 aromatic heterocycles. The number of primary amides is 2. The van der Waals surface area contributed by atoms with Gasteiger partial charge in [0.25, 0.3) is 0 Å². The summed E-state index contributed by atoms with van der Waals surface area (Å²) in [6.07, 6.45) is -1.83. The van der Waals surface area contributed by atoms with Crippen LogP contribution >= 0.6 is 0 Å². The molecular weight excluding hydrogens is 195 g/mol. The molecule has 0 spiro atoms. The number of carbonyl (C=O) groups is 3. The van der Waals surface area contributed by atoms with Crippen molar-refractivity contribution >= 4 is 18.2 Å². The summed E-state index contributed by atoms with van der Waals surface area (Å²) >= 11 is 0. The minimum absolute atomic E-state index is 0. The summed E-state index contributed by atoms with van der Waals surface area (Å²) in [5, 5.41) is 19.2. The van der Waals surface area contributed by atoms with Gasteiger partial charge in [0.15, 0.2) is 0 Å². The topological polar surface area (TPSA) is 168 Å². The van der Waals surface area contributed by atoms with Gasteiger partial charge < -0.3 is 23.1 Å². The van der Waals surface area contributed by atoms with E-state index in [0.29, 0.717) is 0 Å². The number of hydrogen-bond acceptors (Lipinski definition) is 3. The third kappa shape index (κ3) is 57.8. The zero-order valence-electron chi connectivity index (χ0n) is 7.67. The second kappa shape index (κ2) is 10.8. The van der Waals surface area contributed by atoms with E-state index in [0.717, 1.165) is 0 Å². The number of carboxylic acid groups (broad SMARTS) is 2. The average Bonchev–Trinajstić information content (AvgIpc) is 1.82. The first kappa shape index (κ1) is 17.8. The van der Waals surface area contributed by atoms with Crippen molar-refractivity contribution < 1.29 is 55.6 Å². The molecule has 9 nitrogen and oxygen atoms in total. The maximum atomic E-state index is 9.66. The molecule has 0 unspecified atom stereocenters. The Balaban J connectivity index is -0.0000000733. The molecule has 0 radical (unpaired) electrons. The number of hydrogen-bond donors (Lipinski definition) is 4. The van der Waals surface area contributed by atoms with Crippen LogP contribution in [0.2, 0.25) is 0 Å². The average molecular weight is 202 g/mol. The van der Waals surface area contributed by atoms with Crippen molar-refractivity contribution in [3.63, 3.8) is 0 Å². The van der Waals surface area contributed by atoms with Crippen LogP contribution in [0.25, 0.3) is 0 Å². The standard InChI is InChI=1S/C2H4N4O2.CH2O3.Na.H/c3-1(7)5-6-2(4)8;2-1(3)4;;/h(H2,3,7)(H2,4,8);(H2,2,3,4);;/q;;+1;-1. The number of nitrogens with zero attached hydrogens (tertiary/aromatic N) is 2. The van der Waals surface area contributed by atoms with Crippen LogP contribution in [0.4, 0.5) is 14.4 Å². The molecule has 0 aromatic carbocycles. The van der Waals surface area contributed by atoms with Crippen LogP contribution in [-0.4, -0.2) is 28.4 Å². The normalized spacial score (nSPS) is 7.69. The zero-order valence-corrected chi connectivity index (χ0v) is 8.67. The molecule has 13 heavy (non-hydrogen) atoms. The van der Waals surface area contributed by atoms with Crippen LogP contribution < -0.4 is 41.0 Å². The number of nitrogens with two attached hydrogens (primary N) is 2. The van der Waals surface area contributed by atoms with Crippen LogP contribution in [0.3, 0.4) is 0 Å². The zero-order chi connectivity index (χ0) is 10.1. The van der Waals surface area contributed by atoms with Crippen LogP contribution in [-0.2, 0) is 0 Å². The van der Waals surface area contributed by atoms with Gasteiger partial charge in [-0.25, -0.2) is 14.4 Å². The van der Waals surface area contributed by atoms with Gasteiger partial charge in [0.1, 0.15) is 0 Å². The van der Waals surface area contributed by atoms with E-state index < -0.39 is 18.2 Å². The third-order valence-corrected chi connectivity index (χ3v) is 0.247. The van der Waals surface area contributed by atoms with Gasteiger partial charge in [0, 0.05) is 0 Å². The summed E-state index contributed by atoms with van der Waals surface area (Å²) in [5.74, 6) is 0. The maximum Gasteiger partial charge on any atom is 1.00 e. The van der Waals surface area contributed by atoms with E-state index >= 15 is 0 Å². The summed E-state index contributed by atoms with van der Waals surface area (Å²) in [6, 6.07) is -2.08. The molecule has 0 aromatic rings. The van der Waals surface area contributed by atoms with Gasteiger partial charge in [-0.3, -0.25) is 0 Å². The quantitative estimate of drug-likeness (QED) is 0.241. The van der Waals surface area contributed by atoms with E-state index in [4.69, 9.17) is 15.0 Å². The molecule has 70 valence electrons. The molecule has 0 aliphatic heterocycles. The minimum Gasteiger partial charge on any atom is -1.00 e. The molecule has 4 amide bonds. The Kier molecular flexibility index (Phi) is 14.8. The van der Waals surface area contributed by atoms with E-state index in [-0.39, 0.29) is 31.0 Å². The van der Waals surface area contributed by atoms with Gasteiger partial charge in [-0.1, -0.05) is 10.2 Å². The van der Waals surface area contributed by atoms with Crippen molar-refractivity contribution in [2.45, 2.75) is 0 Å². The van der Waals surface area contributed by atoms with Crippen LogP contribution in [0.5, 0.6) is 0 Å². The Morgan fingerprint density at radius 3 is 1.23 bits per heavy atom.